The number of hydrogen-bond donors (Lipinski definition) is 1. The third-order valence-electron chi connectivity index (χ3n) is 4.89. The summed E-state index contributed by atoms with van der Waals surface area (Å²) >= 11 is 1.90. The van der Waals surface area contributed by atoms with Crippen LogP contribution in [0.3, 0.4) is 0 Å². The van der Waals surface area contributed by atoms with Gasteiger partial charge in [0.25, 0.3) is 0 Å². The predicted octanol–water partition coefficient (Wildman–Crippen LogP) is 5.64. The van der Waals surface area contributed by atoms with Gasteiger partial charge < -0.3 is 5.32 Å². The van der Waals surface area contributed by atoms with Gasteiger partial charge in [-0.3, -0.25) is 0 Å². The molecule has 0 amide bonds. The lowest BCUT2D eigenvalue weighted by molar-refractivity contribution is 0.320. The summed E-state index contributed by atoms with van der Waals surface area (Å²) in [5.41, 5.74) is 0. The fraction of sp³-hybridized carbons (Fsp3) is 0.778. The van der Waals surface area contributed by atoms with E-state index in [-0.39, 0.29) is 0 Å². The lowest BCUT2D eigenvalue weighted by atomic mass is 9.89. The smallest absolute Gasteiger partial charge is 0.0440 e. The summed E-state index contributed by atoms with van der Waals surface area (Å²) in [6.45, 7) is 9.46. The molecule has 20 heavy (non-hydrogen) atoms. The summed E-state index contributed by atoms with van der Waals surface area (Å²) in [5, 5.41) is 6.17. The molecule has 1 N–H and O–H groups in total. The van der Waals surface area contributed by atoms with Crippen molar-refractivity contribution in [3.63, 3.8) is 0 Å². The van der Waals surface area contributed by atoms with Gasteiger partial charge in [0.05, 0.1) is 0 Å². The topological polar surface area (TPSA) is 12.0 Å². The minimum Gasteiger partial charge on any atom is -0.306 e. The van der Waals surface area contributed by atoms with Crippen molar-refractivity contribution in [2.75, 3.05) is 0 Å². The summed E-state index contributed by atoms with van der Waals surface area (Å²) < 4.78 is 0. The quantitative estimate of drug-likeness (QED) is 0.693. The van der Waals surface area contributed by atoms with Gasteiger partial charge in [0.1, 0.15) is 0 Å². The van der Waals surface area contributed by atoms with E-state index >= 15 is 0 Å². The monoisotopic (exact) mass is 293 g/mol. The number of rotatable bonds is 5. The van der Waals surface area contributed by atoms with Crippen LogP contribution in [0, 0.1) is 17.8 Å². The van der Waals surface area contributed by atoms with Gasteiger partial charge in [-0.15, -0.1) is 11.3 Å². The molecule has 1 nitrogen and oxygen atoms in total. The summed E-state index contributed by atoms with van der Waals surface area (Å²) in [6.07, 6.45) is 6.96. The molecule has 114 valence electrons. The first-order chi connectivity index (χ1) is 9.58. The normalized spacial score (nSPS) is 25.9. The summed E-state index contributed by atoms with van der Waals surface area (Å²) in [5.74, 6) is 2.46. The zero-order chi connectivity index (χ0) is 14.5. The Hall–Kier alpha value is -0.340. The molecular formula is C18H31NS. The SMILES string of the molecule is CC(C)C1CCCC(NC(c2cccs2)C(C)C)CC1. The molecule has 2 rings (SSSR count). The molecule has 3 unspecified atom stereocenters. The molecule has 0 radical (unpaired) electrons. The minimum absolute atomic E-state index is 0.538. The molecule has 1 aromatic rings. The van der Waals surface area contributed by atoms with Crippen molar-refractivity contribution in [1.29, 1.82) is 0 Å². The molecule has 0 aromatic carbocycles. The van der Waals surface area contributed by atoms with Gasteiger partial charge in [0, 0.05) is 17.0 Å². The van der Waals surface area contributed by atoms with E-state index in [1.54, 1.807) is 0 Å². The van der Waals surface area contributed by atoms with Gasteiger partial charge in [-0.25, -0.2) is 0 Å². The molecule has 2 heteroatoms. The average molecular weight is 294 g/mol. The van der Waals surface area contributed by atoms with Crippen molar-refractivity contribution >= 4 is 11.3 Å². The molecule has 1 aliphatic carbocycles. The van der Waals surface area contributed by atoms with E-state index in [2.05, 4.69) is 50.5 Å². The van der Waals surface area contributed by atoms with Crippen LogP contribution in [0.4, 0.5) is 0 Å². The lowest BCUT2D eigenvalue weighted by Gasteiger charge is -2.27. The van der Waals surface area contributed by atoms with Crippen molar-refractivity contribution in [1.82, 2.24) is 5.32 Å². The molecule has 3 atom stereocenters. The molecule has 0 bridgehead atoms. The van der Waals surface area contributed by atoms with Gasteiger partial charge in [-0.05, 0) is 48.5 Å². The van der Waals surface area contributed by atoms with Gasteiger partial charge in [-0.1, -0.05) is 46.6 Å². The summed E-state index contributed by atoms with van der Waals surface area (Å²) in [4.78, 5) is 1.50. The van der Waals surface area contributed by atoms with Crippen LogP contribution in [-0.2, 0) is 0 Å². The zero-order valence-corrected chi connectivity index (χ0v) is 14.4. The maximum absolute atomic E-state index is 3.97. The molecule has 0 aliphatic heterocycles. The van der Waals surface area contributed by atoms with Crippen LogP contribution in [0.1, 0.15) is 70.7 Å². The Labute approximate surface area is 129 Å². The Morgan fingerprint density at radius 1 is 1.10 bits per heavy atom. The highest BCUT2D eigenvalue weighted by atomic mass is 32.1. The van der Waals surface area contributed by atoms with Crippen LogP contribution < -0.4 is 5.32 Å². The highest BCUT2D eigenvalue weighted by Crippen LogP contribution is 2.32. The van der Waals surface area contributed by atoms with E-state index in [1.807, 2.05) is 11.3 Å². The third-order valence-corrected chi connectivity index (χ3v) is 5.84. The van der Waals surface area contributed by atoms with Crippen LogP contribution in [-0.4, -0.2) is 6.04 Å². The van der Waals surface area contributed by atoms with Crippen molar-refractivity contribution in [2.45, 2.75) is 71.9 Å². The van der Waals surface area contributed by atoms with Gasteiger partial charge in [-0.2, -0.15) is 0 Å². The largest absolute Gasteiger partial charge is 0.306 e. The Balaban J connectivity index is 1.94. The van der Waals surface area contributed by atoms with E-state index in [4.69, 9.17) is 0 Å². The van der Waals surface area contributed by atoms with Gasteiger partial charge in [0.15, 0.2) is 0 Å². The third kappa shape index (κ3) is 4.33. The van der Waals surface area contributed by atoms with Crippen LogP contribution in [0.25, 0.3) is 0 Å². The summed E-state index contributed by atoms with van der Waals surface area (Å²) in [6, 6.07) is 5.72. The van der Waals surface area contributed by atoms with Crippen LogP contribution in [0.2, 0.25) is 0 Å². The van der Waals surface area contributed by atoms with E-state index in [1.165, 1.54) is 37.0 Å². The Morgan fingerprint density at radius 3 is 2.50 bits per heavy atom. The fourth-order valence-corrected chi connectivity index (χ4v) is 4.45. The summed E-state index contributed by atoms with van der Waals surface area (Å²) in [7, 11) is 0. The fourth-order valence-electron chi connectivity index (χ4n) is 3.49. The van der Waals surface area contributed by atoms with E-state index in [0.717, 1.165) is 11.8 Å². The van der Waals surface area contributed by atoms with Crippen molar-refractivity contribution in [3.8, 4) is 0 Å². The molecule has 1 aliphatic rings. The molecule has 1 aromatic heterocycles. The first kappa shape index (κ1) is 16.0. The van der Waals surface area contributed by atoms with E-state index in [9.17, 15) is 0 Å². The van der Waals surface area contributed by atoms with Crippen LogP contribution >= 0.6 is 11.3 Å². The maximum Gasteiger partial charge on any atom is 0.0440 e. The second kappa shape index (κ2) is 7.61. The Bertz CT molecular complexity index is 369. The minimum atomic E-state index is 0.538. The Morgan fingerprint density at radius 2 is 1.90 bits per heavy atom. The second-order valence-electron chi connectivity index (χ2n) is 7.11. The number of hydrogen-bond acceptors (Lipinski definition) is 2. The molecule has 1 heterocycles. The zero-order valence-electron chi connectivity index (χ0n) is 13.6. The van der Waals surface area contributed by atoms with E-state index < -0.39 is 0 Å². The maximum atomic E-state index is 3.97. The van der Waals surface area contributed by atoms with Crippen LogP contribution in [0.15, 0.2) is 17.5 Å². The lowest BCUT2D eigenvalue weighted by Crippen LogP contribution is -2.34. The van der Waals surface area contributed by atoms with Gasteiger partial charge in [0.2, 0.25) is 0 Å². The van der Waals surface area contributed by atoms with Crippen molar-refractivity contribution < 1.29 is 0 Å². The van der Waals surface area contributed by atoms with Gasteiger partial charge >= 0.3 is 0 Å². The highest BCUT2D eigenvalue weighted by Gasteiger charge is 2.25. The van der Waals surface area contributed by atoms with E-state index in [0.29, 0.717) is 18.0 Å². The molecule has 1 saturated carbocycles. The highest BCUT2D eigenvalue weighted by molar-refractivity contribution is 7.10. The van der Waals surface area contributed by atoms with Crippen molar-refractivity contribution in [3.05, 3.63) is 22.4 Å². The predicted molar refractivity (Wildman–Crippen MR) is 90.2 cm³/mol. The second-order valence-corrected chi connectivity index (χ2v) is 8.09. The molecule has 0 spiro atoms. The van der Waals surface area contributed by atoms with Crippen LogP contribution in [0.5, 0.6) is 0 Å². The average Bonchev–Trinajstić information content (AvgIpc) is 2.81. The number of thiophene rings is 1. The first-order valence-electron chi connectivity index (χ1n) is 8.37. The molecular weight excluding hydrogens is 262 g/mol. The number of nitrogens with one attached hydrogen (secondary N) is 1. The standard InChI is InChI=1S/C18H31NS/c1-13(2)15-7-5-8-16(11-10-15)19-18(14(3)4)17-9-6-12-20-17/h6,9,12-16,18-19H,5,7-8,10-11H2,1-4H3. The Kier molecular flexibility index (Phi) is 6.10. The molecule has 0 saturated heterocycles. The van der Waals surface area contributed by atoms with Crippen molar-refractivity contribution in [2.24, 2.45) is 17.8 Å². The molecule has 1 fully saturated rings. The first-order valence-corrected chi connectivity index (χ1v) is 9.25.